The molecular formula is C9H10N4. The number of fused-ring (bicyclic) bond motifs is 3. The van der Waals surface area contributed by atoms with E-state index in [-0.39, 0.29) is 0 Å². The average molecular weight is 174 g/mol. The van der Waals surface area contributed by atoms with Gasteiger partial charge in [0.2, 0.25) is 0 Å². The summed E-state index contributed by atoms with van der Waals surface area (Å²) in [7, 11) is 0. The number of aromatic nitrogens is 3. The monoisotopic (exact) mass is 174 g/mol. The Bertz CT molecular complexity index is 472. The smallest absolute Gasteiger partial charge is 0.159 e. The molecule has 3 heterocycles. The van der Waals surface area contributed by atoms with Crippen molar-refractivity contribution in [2.45, 2.75) is 20.0 Å². The zero-order valence-corrected chi connectivity index (χ0v) is 7.41. The Labute approximate surface area is 75.6 Å². The van der Waals surface area contributed by atoms with Gasteiger partial charge < -0.3 is 5.32 Å². The van der Waals surface area contributed by atoms with Crippen molar-refractivity contribution in [1.82, 2.24) is 19.9 Å². The lowest BCUT2D eigenvalue weighted by Crippen LogP contribution is -2.04. The third-order valence-corrected chi connectivity index (χ3v) is 2.40. The van der Waals surface area contributed by atoms with Gasteiger partial charge in [0.15, 0.2) is 5.65 Å². The summed E-state index contributed by atoms with van der Waals surface area (Å²) in [4.78, 5) is 4.47. The number of hydrogen-bond acceptors (Lipinski definition) is 3. The Kier molecular flexibility index (Phi) is 1.24. The summed E-state index contributed by atoms with van der Waals surface area (Å²) in [6.45, 7) is 3.77. The molecule has 0 saturated heterocycles. The maximum Gasteiger partial charge on any atom is 0.159 e. The fourth-order valence-electron chi connectivity index (χ4n) is 1.74. The van der Waals surface area contributed by atoms with Crippen molar-refractivity contribution in [3.63, 3.8) is 0 Å². The molecule has 3 rings (SSSR count). The molecule has 0 bridgehead atoms. The maximum atomic E-state index is 4.47. The van der Waals surface area contributed by atoms with Gasteiger partial charge in [-0.15, -0.1) is 0 Å². The topological polar surface area (TPSA) is 42.2 Å². The van der Waals surface area contributed by atoms with Gasteiger partial charge in [0, 0.05) is 30.5 Å². The Morgan fingerprint density at radius 3 is 3.31 bits per heavy atom. The van der Waals surface area contributed by atoms with Crippen molar-refractivity contribution in [1.29, 1.82) is 0 Å². The number of nitrogens with one attached hydrogen (secondary N) is 1. The van der Waals surface area contributed by atoms with E-state index in [1.54, 1.807) is 0 Å². The van der Waals surface area contributed by atoms with E-state index >= 15 is 0 Å². The van der Waals surface area contributed by atoms with E-state index in [2.05, 4.69) is 15.4 Å². The van der Waals surface area contributed by atoms with E-state index in [1.165, 1.54) is 5.56 Å². The van der Waals surface area contributed by atoms with E-state index in [0.717, 1.165) is 30.1 Å². The van der Waals surface area contributed by atoms with Crippen molar-refractivity contribution in [3.05, 3.63) is 29.2 Å². The molecule has 2 aromatic rings. The van der Waals surface area contributed by atoms with Crippen LogP contribution in [0.3, 0.4) is 0 Å². The quantitative estimate of drug-likeness (QED) is 0.637. The largest absolute Gasteiger partial charge is 0.307 e. The molecule has 0 aromatic carbocycles. The Morgan fingerprint density at radius 1 is 1.46 bits per heavy atom. The minimum atomic E-state index is 0.873. The molecule has 0 aliphatic carbocycles. The molecule has 0 unspecified atom stereocenters. The van der Waals surface area contributed by atoms with Gasteiger partial charge in [-0.2, -0.15) is 5.10 Å². The van der Waals surface area contributed by atoms with Crippen LogP contribution in [-0.2, 0) is 13.1 Å². The molecule has 1 N–H and O–H groups in total. The molecule has 0 spiro atoms. The van der Waals surface area contributed by atoms with Crippen molar-refractivity contribution >= 4 is 5.65 Å². The predicted octanol–water partition coefficient (Wildman–Crippen LogP) is 0.641. The van der Waals surface area contributed by atoms with Crippen LogP contribution in [-0.4, -0.2) is 14.6 Å². The Hall–Kier alpha value is -1.42. The number of aryl methyl sites for hydroxylation is 1. The van der Waals surface area contributed by atoms with E-state index < -0.39 is 0 Å². The highest BCUT2D eigenvalue weighted by Crippen LogP contribution is 2.18. The molecular weight excluding hydrogens is 164 g/mol. The molecule has 1 aliphatic heterocycles. The van der Waals surface area contributed by atoms with E-state index in [9.17, 15) is 0 Å². The van der Waals surface area contributed by atoms with Crippen LogP contribution < -0.4 is 5.32 Å². The SMILES string of the molecule is Cc1ccn2nc3c(c2n1)CNC3. The number of nitrogens with zero attached hydrogens (tertiary/aromatic N) is 3. The summed E-state index contributed by atoms with van der Waals surface area (Å²) in [5.41, 5.74) is 4.43. The third-order valence-electron chi connectivity index (χ3n) is 2.40. The summed E-state index contributed by atoms with van der Waals surface area (Å²) in [6, 6.07) is 1.97. The summed E-state index contributed by atoms with van der Waals surface area (Å²) >= 11 is 0. The first-order chi connectivity index (χ1) is 6.34. The van der Waals surface area contributed by atoms with Crippen LogP contribution in [0.5, 0.6) is 0 Å². The summed E-state index contributed by atoms with van der Waals surface area (Å²) < 4.78 is 1.86. The molecule has 4 heteroatoms. The average Bonchev–Trinajstić information content (AvgIpc) is 2.64. The van der Waals surface area contributed by atoms with Crippen molar-refractivity contribution in [3.8, 4) is 0 Å². The molecule has 0 amide bonds. The first kappa shape index (κ1) is 7.03. The molecule has 0 atom stereocenters. The van der Waals surface area contributed by atoms with Crippen molar-refractivity contribution in [2.24, 2.45) is 0 Å². The van der Waals surface area contributed by atoms with Crippen LogP contribution in [0, 0.1) is 6.92 Å². The van der Waals surface area contributed by atoms with Gasteiger partial charge in [0.05, 0.1) is 5.69 Å². The first-order valence-corrected chi connectivity index (χ1v) is 4.39. The zero-order valence-electron chi connectivity index (χ0n) is 7.41. The van der Waals surface area contributed by atoms with Gasteiger partial charge in [-0.25, -0.2) is 9.50 Å². The summed E-state index contributed by atoms with van der Waals surface area (Å²) in [5.74, 6) is 0. The lowest BCUT2D eigenvalue weighted by molar-refractivity contribution is 0.732. The van der Waals surface area contributed by atoms with Gasteiger partial charge in [-0.1, -0.05) is 0 Å². The number of rotatable bonds is 0. The lowest BCUT2D eigenvalue weighted by Gasteiger charge is -1.96. The van der Waals surface area contributed by atoms with Crippen molar-refractivity contribution in [2.75, 3.05) is 0 Å². The summed E-state index contributed by atoms with van der Waals surface area (Å²) in [5, 5.41) is 7.69. The molecule has 0 saturated carbocycles. The number of hydrogen-bond donors (Lipinski definition) is 1. The van der Waals surface area contributed by atoms with E-state index in [1.807, 2.05) is 23.7 Å². The molecule has 1 aliphatic rings. The first-order valence-electron chi connectivity index (χ1n) is 4.39. The van der Waals surface area contributed by atoms with Gasteiger partial charge in [0.1, 0.15) is 0 Å². The molecule has 2 aromatic heterocycles. The van der Waals surface area contributed by atoms with Crippen LogP contribution in [0.15, 0.2) is 12.3 Å². The van der Waals surface area contributed by atoms with E-state index in [4.69, 9.17) is 0 Å². The minimum absolute atomic E-state index is 0.873. The lowest BCUT2D eigenvalue weighted by atomic mass is 10.3. The minimum Gasteiger partial charge on any atom is -0.307 e. The van der Waals surface area contributed by atoms with E-state index in [0.29, 0.717) is 0 Å². The predicted molar refractivity (Wildman–Crippen MR) is 48.3 cm³/mol. The molecule has 0 radical (unpaired) electrons. The second-order valence-electron chi connectivity index (χ2n) is 3.37. The van der Waals surface area contributed by atoms with Crippen LogP contribution in [0.25, 0.3) is 5.65 Å². The molecule has 66 valence electrons. The maximum absolute atomic E-state index is 4.47. The van der Waals surface area contributed by atoms with Crippen LogP contribution in [0.4, 0.5) is 0 Å². The highest BCUT2D eigenvalue weighted by Gasteiger charge is 2.18. The highest BCUT2D eigenvalue weighted by molar-refractivity contribution is 5.51. The van der Waals surface area contributed by atoms with Gasteiger partial charge in [-0.05, 0) is 13.0 Å². The van der Waals surface area contributed by atoms with Gasteiger partial charge in [0.25, 0.3) is 0 Å². The van der Waals surface area contributed by atoms with Crippen LogP contribution in [0.1, 0.15) is 17.0 Å². The standard InChI is InChI=1S/C9H10N4/c1-6-2-3-13-9(11-6)7-4-10-5-8(7)12-13/h2-3,10H,4-5H2,1H3. The molecule has 4 nitrogen and oxygen atoms in total. The normalized spacial score (nSPS) is 15.2. The van der Waals surface area contributed by atoms with Gasteiger partial charge in [-0.3, -0.25) is 0 Å². The third kappa shape index (κ3) is 0.890. The second-order valence-corrected chi connectivity index (χ2v) is 3.37. The van der Waals surface area contributed by atoms with Crippen LogP contribution >= 0.6 is 0 Å². The molecule has 0 fully saturated rings. The Balaban J connectivity index is 2.40. The zero-order chi connectivity index (χ0) is 8.84. The van der Waals surface area contributed by atoms with Crippen molar-refractivity contribution < 1.29 is 0 Å². The Morgan fingerprint density at radius 2 is 2.38 bits per heavy atom. The fraction of sp³-hybridized carbons (Fsp3) is 0.333. The van der Waals surface area contributed by atoms with Crippen LogP contribution in [0.2, 0.25) is 0 Å². The molecule has 13 heavy (non-hydrogen) atoms. The second kappa shape index (κ2) is 2.29. The summed E-state index contributed by atoms with van der Waals surface area (Å²) in [6.07, 6.45) is 1.97. The van der Waals surface area contributed by atoms with Gasteiger partial charge >= 0.3 is 0 Å². The fourth-order valence-corrected chi connectivity index (χ4v) is 1.74. The highest BCUT2D eigenvalue weighted by atomic mass is 15.3.